The van der Waals surface area contributed by atoms with Crippen LogP contribution in [-0.4, -0.2) is 66.9 Å². The van der Waals surface area contributed by atoms with Gasteiger partial charge in [-0.15, -0.1) is 0 Å². The maximum atomic E-state index is 12.0. The first-order chi connectivity index (χ1) is 11.5. The number of hydrogen-bond acceptors (Lipinski definition) is 6. The number of anilines is 1. The van der Waals surface area contributed by atoms with Crippen LogP contribution in [0.5, 0.6) is 0 Å². The zero-order chi connectivity index (χ0) is 17.4. The number of aliphatic hydroxyl groups excluding tert-OH is 2. The van der Waals surface area contributed by atoms with Gasteiger partial charge in [0.25, 0.3) is 0 Å². The summed E-state index contributed by atoms with van der Waals surface area (Å²) in [7, 11) is 1.59. The lowest BCUT2D eigenvalue weighted by Crippen LogP contribution is -2.41. The van der Waals surface area contributed by atoms with E-state index in [1.165, 1.54) is 0 Å². The second-order valence-electron chi connectivity index (χ2n) is 6.14. The molecule has 0 radical (unpaired) electrons. The molecule has 1 aliphatic carbocycles. The molecule has 8 heteroatoms. The number of amides is 2. The van der Waals surface area contributed by atoms with Crippen molar-refractivity contribution in [1.82, 2.24) is 10.3 Å². The highest BCUT2D eigenvalue weighted by Gasteiger charge is 2.44. The van der Waals surface area contributed by atoms with Gasteiger partial charge in [0.1, 0.15) is 0 Å². The molecule has 24 heavy (non-hydrogen) atoms. The highest BCUT2D eigenvalue weighted by molar-refractivity contribution is 5.88. The molecule has 1 heterocycles. The van der Waals surface area contributed by atoms with E-state index >= 15 is 0 Å². The maximum Gasteiger partial charge on any atom is 0.319 e. The van der Waals surface area contributed by atoms with Crippen LogP contribution in [0.3, 0.4) is 0 Å². The molecule has 0 spiro atoms. The number of ether oxygens (including phenoxy) is 2. The topological polar surface area (TPSA) is 113 Å². The van der Waals surface area contributed by atoms with Crippen molar-refractivity contribution >= 4 is 11.7 Å². The summed E-state index contributed by atoms with van der Waals surface area (Å²) in [6, 6.07) is 3.10. The molecular formula is C16H25N3O5. The molecule has 1 unspecified atom stereocenters. The van der Waals surface area contributed by atoms with Gasteiger partial charge in [0, 0.05) is 25.3 Å². The van der Waals surface area contributed by atoms with Crippen LogP contribution in [0.1, 0.15) is 12.8 Å². The Morgan fingerprint density at radius 3 is 2.75 bits per heavy atom. The number of aromatic nitrogens is 1. The number of rotatable bonds is 8. The fraction of sp³-hybridized carbons (Fsp3) is 0.625. The van der Waals surface area contributed by atoms with Crippen molar-refractivity contribution in [2.24, 2.45) is 5.41 Å². The van der Waals surface area contributed by atoms with Gasteiger partial charge < -0.3 is 30.3 Å². The van der Waals surface area contributed by atoms with E-state index in [-0.39, 0.29) is 6.03 Å². The van der Waals surface area contributed by atoms with Crippen molar-refractivity contribution in [3.05, 3.63) is 24.5 Å². The zero-order valence-electron chi connectivity index (χ0n) is 13.8. The quantitative estimate of drug-likeness (QED) is 0.509. The van der Waals surface area contributed by atoms with E-state index < -0.39 is 17.6 Å². The Kier molecular flexibility index (Phi) is 6.92. The normalized spacial score (nSPS) is 26.3. The summed E-state index contributed by atoms with van der Waals surface area (Å²) in [6.45, 7) is 1.51. The molecule has 0 aromatic carbocycles. The summed E-state index contributed by atoms with van der Waals surface area (Å²) in [5.74, 6) is 0. The molecule has 1 aromatic rings. The van der Waals surface area contributed by atoms with E-state index in [0.717, 1.165) is 0 Å². The van der Waals surface area contributed by atoms with Crippen LogP contribution < -0.4 is 10.6 Å². The molecule has 1 fully saturated rings. The Labute approximate surface area is 141 Å². The molecule has 1 aromatic heterocycles. The van der Waals surface area contributed by atoms with Crippen molar-refractivity contribution in [1.29, 1.82) is 0 Å². The van der Waals surface area contributed by atoms with Gasteiger partial charge in [-0.3, -0.25) is 4.98 Å². The number of methoxy groups -OCH3 is 1. The second kappa shape index (κ2) is 8.93. The highest BCUT2D eigenvalue weighted by Crippen LogP contribution is 2.38. The Morgan fingerprint density at radius 2 is 2.12 bits per heavy atom. The van der Waals surface area contributed by atoms with E-state index in [0.29, 0.717) is 44.9 Å². The number of carbonyl (C=O) groups is 1. The van der Waals surface area contributed by atoms with E-state index in [2.05, 4.69) is 15.6 Å². The summed E-state index contributed by atoms with van der Waals surface area (Å²) in [5, 5.41) is 25.2. The molecule has 2 rings (SSSR count). The molecule has 0 saturated heterocycles. The number of aliphatic hydroxyl groups is 2. The fourth-order valence-electron chi connectivity index (χ4n) is 2.87. The first kappa shape index (κ1) is 18.6. The van der Waals surface area contributed by atoms with Crippen LogP contribution in [0, 0.1) is 5.41 Å². The third-order valence-corrected chi connectivity index (χ3v) is 4.11. The summed E-state index contributed by atoms with van der Waals surface area (Å²) in [6.07, 6.45) is 2.30. The number of pyridine rings is 1. The van der Waals surface area contributed by atoms with Gasteiger partial charge in [-0.05, 0) is 25.0 Å². The number of nitrogens with one attached hydrogen (secondary N) is 2. The van der Waals surface area contributed by atoms with Gasteiger partial charge in [0.15, 0.2) is 0 Å². The summed E-state index contributed by atoms with van der Waals surface area (Å²) >= 11 is 0. The Balaban J connectivity index is 1.87. The molecule has 3 atom stereocenters. The van der Waals surface area contributed by atoms with Gasteiger partial charge in [-0.25, -0.2) is 4.79 Å². The monoisotopic (exact) mass is 339 g/mol. The molecule has 134 valence electrons. The van der Waals surface area contributed by atoms with Gasteiger partial charge in [0.2, 0.25) is 0 Å². The average Bonchev–Trinajstić information content (AvgIpc) is 2.86. The van der Waals surface area contributed by atoms with E-state index in [4.69, 9.17) is 9.47 Å². The Bertz CT molecular complexity index is 504. The lowest BCUT2D eigenvalue weighted by Gasteiger charge is -2.29. The Hall–Kier alpha value is -1.74. The summed E-state index contributed by atoms with van der Waals surface area (Å²) < 4.78 is 10.5. The predicted octanol–water partition coefficient (Wildman–Crippen LogP) is 0.368. The smallest absolute Gasteiger partial charge is 0.319 e. The fourth-order valence-corrected chi connectivity index (χ4v) is 2.87. The SMILES string of the molecule is COCCOCC1(CNC(=O)Nc2cccnc2)C[C@@H](O)[C@@H](O)C1. The minimum Gasteiger partial charge on any atom is -0.390 e. The van der Waals surface area contributed by atoms with E-state index in [1.807, 2.05) is 0 Å². The van der Waals surface area contributed by atoms with Crippen LogP contribution in [0.2, 0.25) is 0 Å². The molecule has 0 aliphatic heterocycles. The predicted molar refractivity (Wildman–Crippen MR) is 87.6 cm³/mol. The van der Waals surface area contributed by atoms with Gasteiger partial charge in [-0.1, -0.05) is 0 Å². The zero-order valence-corrected chi connectivity index (χ0v) is 13.8. The van der Waals surface area contributed by atoms with Crippen LogP contribution >= 0.6 is 0 Å². The largest absolute Gasteiger partial charge is 0.390 e. The van der Waals surface area contributed by atoms with E-state index in [1.54, 1.807) is 31.6 Å². The first-order valence-corrected chi connectivity index (χ1v) is 7.92. The number of urea groups is 1. The first-order valence-electron chi connectivity index (χ1n) is 7.92. The molecule has 4 N–H and O–H groups in total. The van der Waals surface area contributed by atoms with E-state index in [9.17, 15) is 15.0 Å². The van der Waals surface area contributed by atoms with Crippen LogP contribution in [0.4, 0.5) is 10.5 Å². The maximum absolute atomic E-state index is 12.0. The van der Waals surface area contributed by atoms with Gasteiger partial charge >= 0.3 is 6.03 Å². The molecule has 8 nitrogen and oxygen atoms in total. The van der Waals surface area contributed by atoms with Gasteiger partial charge in [0.05, 0.1) is 43.9 Å². The lowest BCUT2D eigenvalue weighted by atomic mass is 9.86. The average molecular weight is 339 g/mol. The van der Waals surface area contributed by atoms with Crippen LogP contribution in [-0.2, 0) is 9.47 Å². The Morgan fingerprint density at radius 1 is 1.38 bits per heavy atom. The molecule has 0 bridgehead atoms. The minimum absolute atomic E-state index is 0.292. The second-order valence-corrected chi connectivity index (χ2v) is 6.14. The minimum atomic E-state index is -0.806. The van der Waals surface area contributed by atoms with Crippen molar-refractivity contribution in [2.75, 3.05) is 38.8 Å². The number of hydrogen-bond donors (Lipinski definition) is 4. The number of carbonyl (C=O) groups excluding carboxylic acids is 1. The molecule has 1 saturated carbocycles. The van der Waals surface area contributed by atoms with Gasteiger partial charge in [-0.2, -0.15) is 0 Å². The summed E-state index contributed by atoms with van der Waals surface area (Å²) in [4.78, 5) is 15.9. The van der Waals surface area contributed by atoms with Crippen molar-refractivity contribution in [3.8, 4) is 0 Å². The van der Waals surface area contributed by atoms with Crippen LogP contribution in [0.15, 0.2) is 24.5 Å². The van der Waals surface area contributed by atoms with Crippen LogP contribution in [0.25, 0.3) is 0 Å². The molecular weight excluding hydrogens is 314 g/mol. The standard InChI is InChI=1S/C16H25N3O5/c1-23-5-6-24-11-16(7-13(20)14(21)8-16)10-18-15(22)19-12-3-2-4-17-9-12/h2-4,9,13-14,20-21H,5-8,10-11H2,1H3,(H2,18,19,22)/t13-,14+,16?. The highest BCUT2D eigenvalue weighted by atomic mass is 16.5. The molecule has 1 aliphatic rings. The summed E-state index contributed by atoms with van der Waals surface area (Å²) in [5.41, 5.74) is 0.0886. The molecule has 2 amide bonds. The van der Waals surface area contributed by atoms with Crippen molar-refractivity contribution < 1.29 is 24.5 Å². The lowest BCUT2D eigenvalue weighted by molar-refractivity contribution is 0.0124. The third-order valence-electron chi connectivity index (χ3n) is 4.11. The van der Waals surface area contributed by atoms with Crippen molar-refractivity contribution in [3.63, 3.8) is 0 Å². The number of nitrogens with zero attached hydrogens (tertiary/aromatic N) is 1. The third kappa shape index (κ3) is 5.41. The van der Waals surface area contributed by atoms with Crippen molar-refractivity contribution in [2.45, 2.75) is 25.0 Å².